The quantitative estimate of drug-likeness (QED) is 0.858. The van der Waals surface area contributed by atoms with E-state index in [9.17, 15) is 0 Å². The molecule has 0 amide bonds. The van der Waals surface area contributed by atoms with Crippen LogP contribution in [0.4, 0.5) is 11.6 Å². The van der Waals surface area contributed by atoms with Gasteiger partial charge in [0.1, 0.15) is 6.33 Å². The number of rotatable bonds is 4. The molecule has 19 heavy (non-hydrogen) atoms. The van der Waals surface area contributed by atoms with E-state index in [-0.39, 0.29) is 0 Å². The van der Waals surface area contributed by atoms with Crippen LogP contribution in [0.25, 0.3) is 0 Å². The third kappa shape index (κ3) is 2.73. The second-order valence-electron chi connectivity index (χ2n) is 5.35. The first-order valence-electron chi connectivity index (χ1n) is 6.89. The Bertz CT molecular complexity index is 441. The number of nitrogens with two attached hydrogens (primary N) is 1. The van der Waals surface area contributed by atoms with Gasteiger partial charge in [-0.05, 0) is 18.8 Å². The highest BCUT2D eigenvalue weighted by molar-refractivity contribution is 5.62. The van der Waals surface area contributed by atoms with E-state index in [1.807, 2.05) is 0 Å². The zero-order chi connectivity index (χ0) is 13.2. The van der Waals surface area contributed by atoms with Crippen molar-refractivity contribution in [3.05, 3.63) is 6.33 Å². The fourth-order valence-electron chi connectivity index (χ4n) is 2.61. The Kier molecular flexibility index (Phi) is 3.42. The molecule has 1 saturated heterocycles. The standard InChI is InChI=1S/C13H21N5O/c1-19-11-12(14)15-9-16-13(11)18-6-4-17(5-7-18)8-10-2-3-10/h9-10H,2-8H2,1H3,(H2,14,15,16). The minimum absolute atomic E-state index is 0.410. The number of anilines is 2. The molecule has 2 fully saturated rings. The molecule has 2 aliphatic rings. The predicted octanol–water partition coefficient (Wildman–Crippen LogP) is 0.599. The van der Waals surface area contributed by atoms with Crippen LogP contribution < -0.4 is 15.4 Å². The monoisotopic (exact) mass is 263 g/mol. The fraction of sp³-hybridized carbons (Fsp3) is 0.692. The van der Waals surface area contributed by atoms with Crippen molar-refractivity contribution in [2.45, 2.75) is 12.8 Å². The number of aromatic nitrogens is 2. The SMILES string of the molecule is COc1c(N)ncnc1N1CCN(CC2CC2)CC1. The zero-order valence-electron chi connectivity index (χ0n) is 11.4. The lowest BCUT2D eigenvalue weighted by Crippen LogP contribution is -2.47. The molecule has 1 aliphatic carbocycles. The number of hydrogen-bond acceptors (Lipinski definition) is 6. The van der Waals surface area contributed by atoms with Crippen molar-refractivity contribution in [3.63, 3.8) is 0 Å². The Balaban J connectivity index is 1.65. The molecule has 1 aromatic heterocycles. The van der Waals surface area contributed by atoms with Crippen molar-refractivity contribution in [1.82, 2.24) is 14.9 Å². The number of nitrogens with zero attached hydrogens (tertiary/aromatic N) is 4. The molecule has 0 spiro atoms. The van der Waals surface area contributed by atoms with Crippen LogP contribution >= 0.6 is 0 Å². The Morgan fingerprint density at radius 3 is 2.63 bits per heavy atom. The summed E-state index contributed by atoms with van der Waals surface area (Å²) in [7, 11) is 1.61. The molecule has 3 rings (SSSR count). The van der Waals surface area contributed by atoms with Crippen molar-refractivity contribution in [1.29, 1.82) is 0 Å². The first kappa shape index (κ1) is 12.5. The lowest BCUT2D eigenvalue weighted by molar-refractivity contribution is 0.247. The molecule has 1 saturated carbocycles. The maximum atomic E-state index is 5.83. The normalized spacial score (nSPS) is 20.6. The van der Waals surface area contributed by atoms with Gasteiger partial charge >= 0.3 is 0 Å². The van der Waals surface area contributed by atoms with Gasteiger partial charge in [0.15, 0.2) is 11.6 Å². The molecule has 0 atom stereocenters. The highest BCUT2D eigenvalue weighted by Crippen LogP contribution is 2.32. The van der Waals surface area contributed by atoms with Gasteiger partial charge in [-0.25, -0.2) is 9.97 Å². The summed E-state index contributed by atoms with van der Waals surface area (Å²) in [5.74, 6) is 2.78. The maximum Gasteiger partial charge on any atom is 0.204 e. The van der Waals surface area contributed by atoms with Gasteiger partial charge in [-0.15, -0.1) is 0 Å². The van der Waals surface area contributed by atoms with Gasteiger partial charge in [-0.3, -0.25) is 4.90 Å². The van der Waals surface area contributed by atoms with E-state index >= 15 is 0 Å². The van der Waals surface area contributed by atoms with Crippen LogP contribution in [-0.2, 0) is 0 Å². The van der Waals surface area contributed by atoms with Gasteiger partial charge in [0.2, 0.25) is 5.75 Å². The molecule has 0 bridgehead atoms. The molecule has 2 heterocycles. The summed E-state index contributed by atoms with van der Waals surface area (Å²) in [6.07, 6.45) is 4.33. The Morgan fingerprint density at radius 2 is 2.00 bits per heavy atom. The van der Waals surface area contributed by atoms with E-state index in [4.69, 9.17) is 10.5 Å². The summed E-state index contributed by atoms with van der Waals surface area (Å²) in [6, 6.07) is 0. The summed E-state index contributed by atoms with van der Waals surface area (Å²) in [5.41, 5.74) is 5.83. The van der Waals surface area contributed by atoms with Gasteiger partial charge in [0.05, 0.1) is 7.11 Å². The van der Waals surface area contributed by atoms with Crippen LogP contribution in [0, 0.1) is 5.92 Å². The van der Waals surface area contributed by atoms with Gasteiger partial charge < -0.3 is 15.4 Å². The number of piperazine rings is 1. The number of ether oxygens (including phenoxy) is 1. The second kappa shape index (κ2) is 5.21. The Morgan fingerprint density at radius 1 is 1.26 bits per heavy atom. The van der Waals surface area contributed by atoms with E-state index in [0.717, 1.165) is 37.9 Å². The lowest BCUT2D eigenvalue weighted by atomic mass is 10.2. The first-order valence-corrected chi connectivity index (χ1v) is 6.89. The average molecular weight is 263 g/mol. The van der Waals surface area contributed by atoms with Crippen molar-refractivity contribution in [3.8, 4) is 5.75 Å². The van der Waals surface area contributed by atoms with Crippen LogP contribution in [0.5, 0.6) is 5.75 Å². The van der Waals surface area contributed by atoms with Crippen molar-refractivity contribution < 1.29 is 4.74 Å². The largest absolute Gasteiger partial charge is 0.490 e. The van der Waals surface area contributed by atoms with Crippen LogP contribution in [0.1, 0.15) is 12.8 Å². The van der Waals surface area contributed by atoms with Crippen LogP contribution in [-0.4, -0.2) is 54.7 Å². The van der Waals surface area contributed by atoms with E-state index in [1.165, 1.54) is 25.7 Å². The molecule has 1 aromatic rings. The Hall–Kier alpha value is -1.56. The second-order valence-corrected chi connectivity index (χ2v) is 5.35. The zero-order valence-corrected chi connectivity index (χ0v) is 11.4. The van der Waals surface area contributed by atoms with E-state index in [1.54, 1.807) is 7.11 Å². The highest BCUT2D eigenvalue weighted by atomic mass is 16.5. The molecule has 0 radical (unpaired) electrons. The van der Waals surface area contributed by atoms with E-state index < -0.39 is 0 Å². The van der Waals surface area contributed by atoms with Crippen molar-refractivity contribution in [2.24, 2.45) is 5.92 Å². The molecule has 2 N–H and O–H groups in total. The molecule has 6 heteroatoms. The summed E-state index contributed by atoms with van der Waals surface area (Å²) in [6.45, 7) is 5.38. The van der Waals surface area contributed by atoms with Crippen LogP contribution in [0.3, 0.4) is 0 Å². The topological polar surface area (TPSA) is 67.5 Å². The average Bonchev–Trinajstić information content (AvgIpc) is 3.23. The number of hydrogen-bond donors (Lipinski definition) is 1. The van der Waals surface area contributed by atoms with Gasteiger partial charge in [0.25, 0.3) is 0 Å². The minimum atomic E-state index is 0.410. The smallest absolute Gasteiger partial charge is 0.204 e. The first-order chi connectivity index (χ1) is 9.28. The van der Waals surface area contributed by atoms with Gasteiger partial charge in [-0.1, -0.05) is 0 Å². The highest BCUT2D eigenvalue weighted by Gasteiger charge is 2.27. The third-order valence-corrected chi connectivity index (χ3v) is 3.90. The van der Waals surface area contributed by atoms with Crippen LogP contribution in [0.2, 0.25) is 0 Å². The lowest BCUT2D eigenvalue weighted by Gasteiger charge is -2.35. The van der Waals surface area contributed by atoms with Crippen molar-refractivity contribution in [2.75, 3.05) is 50.5 Å². The molecule has 1 aliphatic heterocycles. The molecular weight excluding hydrogens is 242 g/mol. The Labute approximate surface area is 113 Å². The van der Waals surface area contributed by atoms with E-state index in [2.05, 4.69) is 19.8 Å². The summed E-state index contributed by atoms with van der Waals surface area (Å²) in [5, 5.41) is 0. The minimum Gasteiger partial charge on any atom is -0.490 e. The van der Waals surface area contributed by atoms with E-state index in [0.29, 0.717) is 11.6 Å². The van der Waals surface area contributed by atoms with Gasteiger partial charge in [-0.2, -0.15) is 0 Å². The third-order valence-electron chi connectivity index (χ3n) is 3.90. The summed E-state index contributed by atoms with van der Waals surface area (Å²) >= 11 is 0. The molecule has 104 valence electrons. The van der Waals surface area contributed by atoms with Crippen molar-refractivity contribution >= 4 is 11.6 Å². The predicted molar refractivity (Wildman–Crippen MR) is 74.4 cm³/mol. The number of methoxy groups -OCH3 is 1. The summed E-state index contributed by atoms with van der Waals surface area (Å²) < 4.78 is 5.33. The van der Waals surface area contributed by atoms with Gasteiger partial charge in [0, 0.05) is 32.7 Å². The molecule has 0 aromatic carbocycles. The summed E-state index contributed by atoms with van der Waals surface area (Å²) in [4.78, 5) is 13.1. The van der Waals surface area contributed by atoms with Crippen LogP contribution in [0.15, 0.2) is 6.33 Å². The fourth-order valence-corrected chi connectivity index (χ4v) is 2.61. The number of nitrogen functional groups attached to an aromatic ring is 1. The maximum absolute atomic E-state index is 5.83. The molecule has 6 nitrogen and oxygen atoms in total. The molecule has 0 unspecified atom stereocenters. The molecular formula is C13H21N5O.